The maximum absolute atomic E-state index is 10.0. The maximum Gasteiger partial charge on any atom is 0.123 e. The van der Waals surface area contributed by atoms with E-state index in [0.717, 1.165) is 17.5 Å². The second-order valence-electron chi connectivity index (χ2n) is 2.57. The molecule has 0 saturated carbocycles. The predicted octanol–water partition coefficient (Wildman–Crippen LogP) is 1.57. The van der Waals surface area contributed by atoms with Crippen molar-refractivity contribution in [2.24, 2.45) is 5.84 Å². The fourth-order valence-electron chi connectivity index (χ4n) is 0.950. The van der Waals surface area contributed by atoms with E-state index in [-0.39, 0.29) is 0 Å². The van der Waals surface area contributed by atoms with Crippen LogP contribution in [0.4, 0.5) is 5.69 Å². The summed E-state index contributed by atoms with van der Waals surface area (Å²) >= 11 is 0. The number of anilines is 1. The molecule has 0 atom stereocenters. The molecule has 3 nitrogen and oxygen atoms in total. The van der Waals surface area contributed by atoms with Gasteiger partial charge in [0, 0.05) is 12.1 Å². The van der Waals surface area contributed by atoms with E-state index in [2.05, 4.69) is 5.43 Å². The van der Waals surface area contributed by atoms with Gasteiger partial charge in [-0.1, -0.05) is 24.3 Å². The molecule has 3 heteroatoms. The lowest BCUT2D eigenvalue weighted by Gasteiger charge is -1.98. The first-order chi connectivity index (χ1) is 6.36. The Morgan fingerprint density at radius 2 is 2.00 bits per heavy atom. The number of nitrogen functional groups attached to an aromatic ring is 1. The molecule has 0 aliphatic carbocycles. The largest absolute Gasteiger partial charge is 0.324 e. The summed E-state index contributed by atoms with van der Waals surface area (Å²) in [4.78, 5) is 10.0. The summed E-state index contributed by atoms with van der Waals surface area (Å²) in [6.07, 6.45) is 5.04. The summed E-state index contributed by atoms with van der Waals surface area (Å²) < 4.78 is 0. The average molecular weight is 176 g/mol. The Bertz CT molecular complexity index is 290. The summed E-state index contributed by atoms with van der Waals surface area (Å²) in [5.41, 5.74) is 4.47. The molecule has 13 heavy (non-hydrogen) atoms. The first kappa shape index (κ1) is 9.48. The Morgan fingerprint density at radius 3 is 2.54 bits per heavy atom. The lowest BCUT2D eigenvalue weighted by atomic mass is 10.2. The molecule has 0 aromatic heterocycles. The Kier molecular flexibility index (Phi) is 3.73. The highest BCUT2D eigenvalue weighted by molar-refractivity contribution is 5.59. The molecule has 68 valence electrons. The van der Waals surface area contributed by atoms with E-state index in [9.17, 15) is 4.79 Å². The van der Waals surface area contributed by atoms with Crippen molar-refractivity contribution >= 4 is 18.0 Å². The molecule has 0 amide bonds. The van der Waals surface area contributed by atoms with Crippen molar-refractivity contribution in [3.63, 3.8) is 0 Å². The van der Waals surface area contributed by atoms with Crippen molar-refractivity contribution in [1.82, 2.24) is 0 Å². The zero-order valence-corrected chi connectivity index (χ0v) is 7.23. The lowest BCUT2D eigenvalue weighted by Crippen LogP contribution is -2.05. The minimum absolute atomic E-state index is 0.455. The van der Waals surface area contributed by atoms with E-state index in [1.54, 1.807) is 0 Å². The number of carbonyl (C=O) groups is 1. The van der Waals surface area contributed by atoms with Crippen LogP contribution in [0.25, 0.3) is 6.08 Å². The van der Waals surface area contributed by atoms with Crippen molar-refractivity contribution in [3.05, 3.63) is 35.9 Å². The van der Waals surface area contributed by atoms with E-state index in [1.165, 1.54) is 0 Å². The van der Waals surface area contributed by atoms with Crippen LogP contribution in [0.5, 0.6) is 0 Å². The number of rotatable bonds is 4. The second-order valence-corrected chi connectivity index (χ2v) is 2.57. The summed E-state index contributed by atoms with van der Waals surface area (Å²) in [7, 11) is 0. The standard InChI is InChI=1S/C10H12N2O/c11-12-10-6-4-9(5-7-10)3-1-2-8-13/h1,3-8,12H,2,11H2. The Morgan fingerprint density at radius 1 is 1.31 bits per heavy atom. The van der Waals surface area contributed by atoms with Gasteiger partial charge in [-0.05, 0) is 17.7 Å². The van der Waals surface area contributed by atoms with Gasteiger partial charge < -0.3 is 10.2 Å². The Hall–Kier alpha value is -1.61. The van der Waals surface area contributed by atoms with Gasteiger partial charge in [-0.3, -0.25) is 5.84 Å². The first-order valence-corrected chi connectivity index (χ1v) is 4.03. The summed E-state index contributed by atoms with van der Waals surface area (Å²) in [6, 6.07) is 7.61. The van der Waals surface area contributed by atoms with E-state index in [1.807, 2.05) is 36.4 Å². The van der Waals surface area contributed by atoms with Crippen LogP contribution in [0, 0.1) is 0 Å². The summed E-state index contributed by atoms with van der Waals surface area (Å²) in [5.74, 6) is 5.21. The van der Waals surface area contributed by atoms with Crippen molar-refractivity contribution in [1.29, 1.82) is 0 Å². The van der Waals surface area contributed by atoms with Gasteiger partial charge in [-0.2, -0.15) is 0 Å². The van der Waals surface area contributed by atoms with Gasteiger partial charge in [0.15, 0.2) is 0 Å². The van der Waals surface area contributed by atoms with Gasteiger partial charge in [0.05, 0.1) is 0 Å². The van der Waals surface area contributed by atoms with E-state index in [4.69, 9.17) is 5.84 Å². The normalized spacial score (nSPS) is 10.2. The van der Waals surface area contributed by atoms with Gasteiger partial charge in [0.1, 0.15) is 6.29 Å². The van der Waals surface area contributed by atoms with Crippen LogP contribution in [0.1, 0.15) is 12.0 Å². The van der Waals surface area contributed by atoms with Gasteiger partial charge >= 0.3 is 0 Å². The van der Waals surface area contributed by atoms with Gasteiger partial charge in [0.25, 0.3) is 0 Å². The number of nitrogens with one attached hydrogen (secondary N) is 1. The highest BCUT2D eigenvalue weighted by Crippen LogP contribution is 2.09. The number of hydrazine groups is 1. The van der Waals surface area contributed by atoms with Crippen LogP contribution in [0.2, 0.25) is 0 Å². The molecule has 0 spiro atoms. The molecule has 3 N–H and O–H groups in total. The van der Waals surface area contributed by atoms with Crippen molar-refractivity contribution < 1.29 is 4.79 Å². The monoisotopic (exact) mass is 176 g/mol. The third kappa shape index (κ3) is 3.09. The molecule has 1 aromatic carbocycles. The molecule has 0 unspecified atom stereocenters. The molecule has 1 rings (SSSR count). The Labute approximate surface area is 77.2 Å². The minimum Gasteiger partial charge on any atom is -0.324 e. The number of hydrogen-bond donors (Lipinski definition) is 2. The zero-order valence-electron chi connectivity index (χ0n) is 7.23. The molecule has 0 fully saturated rings. The van der Waals surface area contributed by atoms with Crippen LogP contribution in [0.3, 0.4) is 0 Å². The zero-order chi connectivity index (χ0) is 9.52. The number of hydrogen-bond acceptors (Lipinski definition) is 3. The Balaban J connectivity index is 2.63. The summed E-state index contributed by atoms with van der Waals surface area (Å²) in [6.45, 7) is 0. The number of allylic oxidation sites excluding steroid dienone is 1. The smallest absolute Gasteiger partial charge is 0.123 e. The van der Waals surface area contributed by atoms with Crippen molar-refractivity contribution in [3.8, 4) is 0 Å². The van der Waals surface area contributed by atoms with Crippen LogP contribution >= 0.6 is 0 Å². The van der Waals surface area contributed by atoms with Gasteiger partial charge in [-0.15, -0.1) is 0 Å². The summed E-state index contributed by atoms with van der Waals surface area (Å²) in [5, 5.41) is 0. The van der Waals surface area contributed by atoms with Crippen molar-refractivity contribution in [2.75, 3.05) is 5.43 Å². The maximum atomic E-state index is 10.0. The molecule has 0 radical (unpaired) electrons. The van der Waals surface area contributed by atoms with Gasteiger partial charge in [0.2, 0.25) is 0 Å². The fourth-order valence-corrected chi connectivity index (χ4v) is 0.950. The van der Waals surface area contributed by atoms with E-state index >= 15 is 0 Å². The third-order valence-corrected chi connectivity index (χ3v) is 1.62. The molecule has 0 saturated heterocycles. The highest BCUT2D eigenvalue weighted by atomic mass is 16.1. The van der Waals surface area contributed by atoms with Crippen LogP contribution < -0.4 is 11.3 Å². The predicted molar refractivity (Wildman–Crippen MR) is 54.0 cm³/mol. The van der Waals surface area contributed by atoms with Crippen LogP contribution in [-0.4, -0.2) is 6.29 Å². The molecule has 0 aliphatic heterocycles. The number of aldehydes is 1. The van der Waals surface area contributed by atoms with Gasteiger partial charge in [-0.25, -0.2) is 0 Å². The average Bonchev–Trinajstić information content (AvgIpc) is 2.19. The molecule has 0 bridgehead atoms. The van der Waals surface area contributed by atoms with E-state index in [0.29, 0.717) is 6.42 Å². The minimum atomic E-state index is 0.455. The molecule has 0 heterocycles. The molecule has 1 aromatic rings. The van der Waals surface area contributed by atoms with Crippen molar-refractivity contribution in [2.45, 2.75) is 6.42 Å². The third-order valence-electron chi connectivity index (χ3n) is 1.62. The number of nitrogens with two attached hydrogens (primary N) is 1. The molecular formula is C10H12N2O. The highest BCUT2D eigenvalue weighted by Gasteiger charge is 1.87. The van der Waals surface area contributed by atoms with E-state index < -0.39 is 0 Å². The molecule has 0 aliphatic rings. The quantitative estimate of drug-likeness (QED) is 0.416. The van der Waals surface area contributed by atoms with Crippen LogP contribution in [0.15, 0.2) is 30.3 Å². The number of benzene rings is 1. The SMILES string of the molecule is NNc1ccc(C=CCC=O)cc1. The van der Waals surface area contributed by atoms with Crippen LogP contribution in [-0.2, 0) is 4.79 Å². The lowest BCUT2D eigenvalue weighted by molar-refractivity contribution is -0.107. The fraction of sp³-hybridized carbons (Fsp3) is 0.100. The second kappa shape index (κ2) is 5.11. The topological polar surface area (TPSA) is 55.1 Å². The molecular weight excluding hydrogens is 164 g/mol. The number of carbonyl (C=O) groups excluding carboxylic acids is 1. The first-order valence-electron chi connectivity index (χ1n) is 4.03.